The van der Waals surface area contributed by atoms with Crippen LogP contribution in [0.3, 0.4) is 0 Å². The molecule has 0 atom stereocenters. The molecule has 2 aromatic carbocycles. The van der Waals surface area contributed by atoms with Crippen LogP contribution in [0, 0.1) is 5.92 Å². The van der Waals surface area contributed by atoms with E-state index in [0.717, 1.165) is 17.8 Å². The largest absolute Gasteiger partial charge is 0.427 e. The Hall–Kier alpha value is -2.49. The van der Waals surface area contributed by atoms with Crippen molar-refractivity contribution in [3.05, 3.63) is 54.1 Å². The van der Waals surface area contributed by atoms with Gasteiger partial charge in [-0.1, -0.05) is 39.3 Å². The van der Waals surface area contributed by atoms with Crippen molar-refractivity contribution in [3.63, 3.8) is 0 Å². The Bertz CT molecular complexity index is 689. The molecule has 2 rings (SSSR count). The van der Waals surface area contributed by atoms with Gasteiger partial charge in [0.2, 0.25) is 0 Å². The van der Waals surface area contributed by atoms with E-state index in [-0.39, 0.29) is 11.9 Å². The van der Waals surface area contributed by atoms with Gasteiger partial charge < -0.3 is 4.74 Å². The van der Waals surface area contributed by atoms with Crippen LogP contribution in [-0.4, -0.2) is 5.97 Å². The topological polar surface area (TPSA) is 51.0 Å². The quantitative estimate of drug-likeness (QED) is 0.318. The molecule has 25 heavy (non-hydrogen) atoms. The molecule has 0 saturated carbocycles. The third kappa shape index (κ3) is 6.87. The minimum atomic E-state index is -0.215. The zero-order valence-electron chi connectivity index (χ0n) is 15.2. The van der Waals surface area contributed by atoms with Gasteiger partial charge in [0.1, 0.15) is 5.75 Å². The first-order valence-corrected chi connectivity index (χ1v) is 8.88. The third-order valence-corrected chi connectivity index (χ3v) is 3.68. The van der Waals surface area contributed by atoms with Crippen LogP contribution in [0.1, 0.15) is 45.6 Å². The summed E-state index contributed by atoms with van der Waals surface area (Å²) in [4.78, 5) is 11.6. The maximum Gasteiger partial charge on any atom is 0.311 e. The number of nitrogens with zero attached hydrogens (tertiary/aromatic N) is 2. The Labute approximate surface area is 149 Å². The summed E-state index contributed by atoms with van der Waals surface area (Å²) in [5.41, 5.74) is 2.87. The SMILES string of the molecule is CCCCc1ccc(N=Nc2ccc(OC(=O)CC(C)C)cc2)cc1. The highest BCUT2D eigenvalue weighted by atomic mass is 16.5. The van der Waals surface area contributed by atoms with E-state index in [1.54, 1.807) is 24.3 Å². The molecule has 0 aromatic heterocycles. The van der Waals surface area contributed by atoms with Crippen LogP contribution in [-0.2, 0) is 11.2 Å². The van der Waals surface area contributed by atoms with Crippen LogP contribution in [0.15, 0.2) is 58.8 Å². The molecule has 0 aliphatic carbocycles. The van der Waals surface area contributed by atoms with Crippen LogP contribution in [0.2, 0.25) is 0 Å². The Morgan fingerprint density at radius 1 is 0.960 bits per heavy atom. The number of azo groups is 1. The van der Waals surface area contributed by atoms with Crippen molar-refractivity contribution in [2.45, 2.75) is 46.5 Å². The molecular weight excluding hydrogens is 312 g/mol. The number of hydrogen-bond donors (Lipinski definition) is 0. The van der Waals surface area contributed by atoms with Crippen LogP contribution in [0.5, 0.6) is 5.75 Å². The van der Waals surface area contributed by atoms with Crippen molar-refractivity contribution in [2.75, 3.05) is 0 Å². The van der Waals surface area contributed by atoms with E-state index in [2.05, 4.69) is 29.3 Å². The lowest BCUT2D eigenvalue weighted by Gasteiger charge is -2.06. The number of carbonyl (C=O) groups is 1. The fraction of sp³-hybridized carbons (Fsp3) is 0.381. The van der Waals surface area contributed by atoms with Crippen LogP contribution in [0.25, 0.3) is 0 Å². The molecule has 0 aliphatic rings. The zero-order chi connectivity index (χ0) is 18.1. The van der Waals surface area contributed by atoms with E-state index in [4.69, 9.17) is 4.74 Å². The highest BCUT2D eigenvalue weighted by Gasteiger charge is 2.07. The first-order chi connectivity index (χ1) is 12.1. The highest BCUT2D eigenvalue weighted by molar-refractivity contribution is 5.72. The fourth-order valence-electron chi connectivity index (χ4n) is 2.31. The van der Waals surface area contributed by atoms with Gasteiger partial charge in [0.15, 0.2) is 0 Å². The van der Waals surface area contributed by atoms with Gasteiger partial charge in [0.05, 0.1) is 11.4 Å². The van der Waals surface area contributed by atoms with Gasteiger partial charge in [-0.3, -0.25) is 4.79 Å². The number of esters is 1. The monoisotopic (exact) mass is 338 g/mol. The van der Waals surface area contributed by atoms with Crippen molar-refractivity contribution < 1.29 is 9.53 Å². The lowest BCUT2D eigenvalue weighted by Crippen LogP contribution is -2.10. The van der Waals surface area contributed by atoms with Gasteiger partial charge in [-0.2, -0.15) is 10.2 Å². The molecule has 2 aromatic rings. The standard InChI is InChI=1S/C21H26N2O2/c1-4-5-6-17-7-9-18(10-8-17)22-23-19-11-13-20(14-12-19)25-21(24)15-16(2)3/h7-14,16H,4-6,15H2,1-3H3. The summed E-state index contributed by atoms with van der Waals surface area (Å²) in [6, 6.07) is 15.2. The van der Waals surface area contributed by atoms with Crippen LogP contribution in [0.4, 0.5) is 11.4 Å². The number of rotatable bonds is 8. The van der Waals surface area contributed by atoms with Gasteiger partial charge in [0, 0.05) is 6.42 Å². The average Bonchev–Trinajstić information content (AvgIpc) is 2.59. The van der Waals surface area contributed by atoms with Crippen LogP contribution < -0.4 is 4.74 Å². The first-order valence-electron chi connectivity index (χ1n) is 8.88. The number of aryl methyl sites for hydroxylation is 1. The lowest BCUT2D eigenvalue weighted by molar-refractivity contribution is -0.135. The molecule has 0 heterocycles. The fourth-order valence-corrected chi connectivity index (χ4v) is 2.31. The summed E-state index contributed by atoms with van der Waals surface area (Å²) in [6.07, 6.45) is 3.92. The smallest absolute Gasteiger partial charge is 0.311 e. The second-order valence-electron chi connectivity index (χ2n) is 6.54. The van der Waals surface area contributed by atoms with Crippen molar-refractivity contribution in [2.24, 2.45) is 16.1 Å². The Morgan fingerprint density at radius 3 is 2.04 bits per heavy atom. The van der Waals surface area contributed by atoms with E-state index in [1.807, 2.05) is 26.0 Å². The van der Waals surface area contributed by atoms with E-state index in [1.165, 1.54) is 18.4 Å². The molecular formula is C21H26N2O2. The Morgan fingerprint density at radius 2 is 1.52 bits per heavy atom. The summed E-state index contributed by atoms with van der Waals surface area (Å²) >= 11 is 0. The zero-order valence-corrected chi connectivity index (χ0v) is 15.2. The molecule has 132 valence electrons. The molecule has 0 radical (unpaired) electrons. The summed E-state index contributed by atoms with van der Waals surface area (Å²) in [5, 5.41) is 8.47. The van der Waals surface area contributed by atoms with Gasteiger partial charge in [-0.15, -0.1) is 0 Å². The van der Waals surface area contributed by atoms with Crippen molar-refractivity contribution in [1.82, 2.24) is 0 Å². The van der Waals surface area contributed by atoms with Gasteiger partial charge in [0.25, 0.3) is 0 Å². The van der Waals surface area contributed by atoms with E-state index < -0.39 is 0 Å². The molecule has 0 amide bonds. The summed E-state index contributed by atoms with van der Waals surface area (Å²) < 4.78 is 5.28. The van der Waals surface area contributed by atoms with Gasteiger partial charge in [-0.25, -0.2) is 0 Å². The molecule has 0 fully saturated rings. The third-order valence-electron chi connectivity index (χ3n) is 3.68. The van der Waals surface area contributed by atoms with E-state index in [0.29, 0.717) is 12.2 Å². The number of ether oxygens (including phenoxy) is 1. The predicted molar refractivity (Wildman–Crippen MR) is 101 cm³/mol. The maximum atomic E-state index is 11.6. The van der Waals surface area contributed by atoms with Crippen molar-refractivity contribution >= 4 is 17.3 Å². The summed E-state index contributed by atoms with van der Waals surface area (Å²) in [6.45, 7) is 6.17. The second-order valence-corrected chi connectivity index (χ2v) is 6.54. The maximum absolute atomic E-state index is 11.6. The van der Waals surface area contributed by atoms with E-state index in [9.17, 15) is 4.79 Å². The molecule has 4 heteroatoms. The minimum absolute atomic E-state index is 0.215. The molecule has 0 unspecified atom stereocenters. The number of unbranched alkanes of at least 4 members (excludes halogenated alkanes) is 1. The highest BCUT2D eigenvalue weighted by Crippen LogP contribution is 2.22. The second kappa shape index (κ2) is 9.72. The minimum Gasteiger partial charge on any atom is -0.427 e. The number of hydrogen-bond acceptors (Lipinski definition) is 4. The van der Waals surface area contributed by atoms with Gasteiger partial charge >= 0.3 is 5.97 Å². The average molecular weight is 338 g/mol. The molecule has 0 bridgehead atoms. The van der Waals surface area contributed by atoms with Gasteiger partial charge in [-0.05, 0) is 60.7 Å². The summed E-state index contributed by atoms with van der Waals surface area (Å²) in [7, 11) is 0. The number of carbonyl (C=O) groups excluding carboxylic acids is 1. The van der Waals surface area contributed by atoms with Crippen LogP contribution >= 0.6 is 0 Å². The molecule has 4 nitrogen and oxygen atoms in total. The predicted octanol–water partition coefficient (Wildman–Crippen LogP) is 6.40. The first kappa shape index (κ1) is 18.8. The molecule has 0 spiro atoms. The van der Waals surface area contributed by atoms with E-state index >= 15 is 0 Å². The summed E-state index contributed by atoms with van der Waals surface area (Å²) in [5.74, 6) is 0.603. The van der Waals surface area contributed by atoms with Crippen molar-refractivity contribution in [3.8, 4) is 5.75 Å². The number of benzene rings is 2. The van der Waals surface area contributed by atoms with Crippen molar-refractivity contribution in [1.29, 1.82) is 0 Å². The Balaban J connectivity index is 1.91. The molecule has 0 saturated heterocycles. The Kier molecular flexibility index (Phi) is 7.33. The molecule has 0 aliphatic heterocycles. The molecule has 0 N–H and O–H groups in total. The normalized spacial score (nSPS) is 11.2. The lowest BCUT2D eigenvalue weighted by atomic mass is 10.1.